The summed E-state index contributed by atoms with van der Waals surface area (Å²) in [5.74, 6) is 1.06. The van der Waals surface area contributed by atoms with Gasteiger partial charge < -0.3 is 10.4 Å². The van der Waals surface area contributed by atoms with Crippen molar-refractivity contribution in [2.24, 2.45) is 5.92 Å². The molecule has 1 unspecified atom stereocenters. The van der Waals surface area contributed by atoms with Crippen LogP contribution < -0.4 is 5.32 Å². The Kier molecular flexibility index (Phi) is 5.26. The smallest absolute Gasteiger partial charge is 0.220 e. The van der Waals surface area contributed by atoms with Gasteiger partial charge in [0.15, 0.2) is 0 Å². The lowest BCUT2D eigenvalue weighted by molar-refractivity contribution is -0.121. The summed E-state index contributed by atoms with van der Waals surface area (Å²) in [6.07, 6.45) is 4.08. The molecular weight excluding hydrogens is 202 g/mol. The zero-order valence-corrected chi connectivity index (χ0v) is 9.09. The molecule has 1 aliphatic carbocycles. The number of halogens is 1. The molecule has 1 rings (SSSR count). The number of amides is 1. The van der Waals surface area contributed by atoms with Crippen LogP contribution in [-0.2, 0) is 4.79 Å². The number of aliphatic hydroxyl groups is 1. The predicted octanol–water partition coefficient (Wildman–Crippen LogP) is 1.28. The first-order chi connectivity index (χ1) is 6.74. The molecule has 0 aromatic rings. The topological polar surface area (TPSA) is 49.3 Å². The van der Waals surface area contributed by atoms with E-state index in [1.165, 1.54) is 0 Å². The lowest BCUT2D eigenvalue weighted by Gasteiger charge is -2.10. The largest absolute Gasteiger partial charge is 0.391 e. The minimum Gasteiger partial charge on any atom is -0.391 e. The van der Waals surface area contributed by atoms with Gasteiger partial charge in [0, 0.05) is 18.8 Å². The number of carbonyl (C=O) groups is 1. The lowest BCUT2D eigenvalue weighted by atomic mass is 10.2. The number of carbonyl (C=O) groups excluding carboxylic acids is 1. The second-order valence-corrected chi connectivity index (χ2v) is 4.23. The van der Waals surface area contributed by atoms with Crippen LogP contribution in [0.1, 0.15) is 32.1 Å². The second kappa shape index (κ2) is 6.25. The molecule has 0 aliphatic heterocycles. The van der Waals surface area contributed by atoms with Crippen LogP contribution in [0.2, 0.25) is 0 Å². The molecule has 4 heteroatoms. The third kappa shape index (κ3) is 4.82. The van der Waals surface area contributed by atoms with Crippen molar-refractivity contribution < 1.29 is 9.90 Å². The summed E-state index contributed by atoms with van der Waals surface area (Å²) in [4.78, 5) is 11.2. The summed E-state index contributed by atoms with van der Waals surface area (Å²) >= 11 is 5.49. The summed E-state index contributed by atoms with van der Waals surface area (Å²) in [5.41, 5.74) is 0. The highest BCUT2D eigenvalue weighted by atomic mass is 35.5. The summed E-state index contributed by atoms with van der Waals surface area (Å²) in [7, 11) is 0. The Balaban J connectivity index is 1.96. The fourth-order valence-corrected chi connectivity index (χ4v) is 1.52. The molecule has 82 valence electrons. The third-order valence-electron chi connectivity index (χ3n) is 2.46. The second-order valence-electron chi connectivity index (χ2n) is 3.85. The molecule has 0 bridgehead atoms. The lowest BCUT2D eigenvalue weighted by Crippen LogP contribution is -2.32. The molecule has 1 amide bonds. The number of alkyl halides is 1. The highest BCUT2D eigenvalue weighted by molar-refractivity contribution is 6.17. The number of nitrogens with one attached hydrogen (secondary N) is 1. The van der Waals surface area contributed by atoms with Crippen molar-refractivity contribution in [3.8, 4) is 0 Å². The van der Waals surface area contributed by atoms with Gasteiger partial charge in [0.25, 0.3) is 0 Å². The quantitative estimate of drug-likeness (QED) is 0.501. The van der Waals surface area contributed by atoms with Gasteiger partial charge in [-0.25, -0.2) is 0 Å². The third-order valence-corrected chi connectivity index (χ3v) is 2.73. The van der Waals surface area contributed by atoms with E-state index in [4.69, 9.17) is 11.6 Å². The van der Waals surface area contributed by atoms with Crippen LogP contribution in [0.4, 0.5) is 0 Å². The highest BCUT2D eigenvalue weighted by Crippen LogP contribution is 2.32. The van der Waals surface area contributed by atoms with Crippen molar-refractivity contribution in [2.45, 2.75) is 38.2 Å². The number of unbranched alkanes of at least 4 members (excludes halogenated alkanes) is 1. The van der Waals surface area contributed by atoms with Crippen LogP contribution in [0, 0.1) is 5.92 Å². The van der Waals surface area contributed by atoms with Crippen LogP contribution >= 0.6 is 11.6 Å². The first-order valence-electron chi connectivity index (χ1n) is 5.24. The molecule has 2 N–H and O–H groups in total. The van der Waals surface area contributed by atoms with Crippen molar-refractivity contribution in [1.29, 1.82) is 0 Å². The predicted molar refractivity (Wildman–Crippen MR) is 56.3 cm³/mol. The average Bonchev–Trinajstić information content (AvgIpc) is 2.98. The first kappa shape index (κ1) is 11.8. The van der Waals surface area contributed by atoms with Crippen molar-refractivity contribution in [3.05, 3.63) is 0 Å². The Morgan fingerprint density at radius 1 is 1.50 bits per heavy atom. The maximum atomic E-state index is 11.2. The molecule has 0 radical (unpaired) electrons. The monoisotopic (exact) mass is 219 g/mol. The van der Waals surface area contributed by atoms with Gasteiger partial charge in [-0.1, -0.05) is 0 Å². The zero-order valence-electron chi connectivity index (χ0n) is 8.34. The van der Waals surface area contributed by atoms with Gasteiger partial charge in [-0.2, -0.15) is 0 Å². The van der Waals surface area contributed by atoms with E-state index >= 15 is 0 Å². The summed E-state index contributed by atoms with van der Waals surface area (Å²) < 4.78 is 0. The Bertz CT molecular complexity index is 183. The van der Waals surface area contributed by atoms with Crippen LogP contribution in [0.5, 0.6) is 0 Å². The molecule has 0 saturated heterocycles. The SMILES string of the molecule is O=C(CCCCCl)NCC(O)C1CC1. The minimum absolute atomic E-state index is 0.0230. The molecule has 0 spiro atoms. The van der Waals surface area contributed by atoms with Gasteiger partial charge in [0.05, 0.1) is 6.10 Å². The summed E-state index contributed by atoms with van der Waals surface area (Å²) in [5, 5.41) is 12.2. The maximum absolute atomic E-state index is 11.2. The van der Waals surface area contributed by atoms with E-state index in [9.17, 15) is 9.90 Å². The number of aliphatic hydroxyl groups excluding tert-OH is 1. The van der Waals surface area contributed by atoms with Crippen molar-refractivity contribution >= 4 is 17.5 Å². The Labute approximate surface area is 89.8 Å². The number of rotatable bonds is 7. The van der Waals surface area contributed by atoms with Crippen LogP contribution in [0.15, 0.2) is 0 Å². The van der Waals surface area contributed by atoms with Gasteiger partial charge in [-0.3, -0.25) is 4.79 Å². The van der Waals surface area contributed by atoms with E-state index in [1.54, 1.807) is 0 Å². The Morgan fingerprint density at radius 3 is 2.79 bits per heavy atom. The number of hydrogen-bond acceptors (Lipinski definition) is 2. The van der Waals surface area contributed by atoms with E-state index < -0.39 is 0 Å². The molecule has 0 aromatic carbocycles. The van der Waals surface area contributed by atoms with Crippen LogP contribution in [0.3, 0.4) is 0 Å². The Morgan fingerprint density at radius 2 is 2.21 bits per heavy atom. The zero-order chi connectivity index (χ0) is 10.4. The van der Waals surface area contributed by atoms with E-state index in [2.05, 4.69) is 5.32 Å². The van der Waals surface area contributed by atoms with E-state index in [0.717, 1.165) is 25.7 Å². The maximum Gasteiger partial charge on any atom is 0.220 e. The van der Waals surface area contributed by atoms with Gasteiger partial charge in [-0.05, 0) is 31.6 Å². The summed E-state index contributed by atoms with van der Waals surface area (Å²) in [6.45, 7) is 0.407. The van der Waals surface area contributed by atoms with Crippen molar-refractivity contribution in [3.63, 3.8) is 0 Å². The minimum atomic E-state index is -0.341. The van der Waals surface area contributed by atoms with Gasteiger partial charge >= 0.3 is 0 Å². The van der Waals surface area contributed by atoms with Crippen molar-refractivity contribution in [2.75, 3.05) is 12.4 Å². The molecule has 1 saturated carbocycles. The van der Waals surface area contributed by atoms with Crippen LogP contribution in [0.25, 0.3) is 0 Å². The standard InChI is InChI=1S/C10H18ClNO2/c11-6-2-1-3-10(14)12-7-9(13)8-4-5-8/h8-9,13H,1-7H2,(H,12,14). The summed E-state index contributed by atoms with van der Waals surface area (Å²) in [6, 6.07) is 0. The van der Waals surface area contributed by atoms with E-state index in [1.807, 2.05) is 0 Å². The molecule has 1 fully saturated rings. The molecule has 0 aromatic heterocycles. The fourth-order valence-electron chi connectivity index (χ4n) is 1.33. The normalized spacial score (nSPS) is 17.9. The van der Waals surface area contributed by atoms with Gasteiger partial charge in [0.1, 0.15) is 0 Å². The van der Waals surface area contributed by atoms with E-state index in [-0.39, 0.29) is 12.0 Å². The molecular formula is C10H18ClNO2. The Hall–Kier alpha value is -0.280. The highest BCUT2D eigenvalue weighted by Gasteiger charge is 2.29. The average molecular weight is 220 g/mol. The molecule has 1 aliphatic rings. The fraction of sp³-hybridized carbons (Fsp3) is 0.900. The first-order valence-corrected chi connectivity index (χ1v) is 5.78. The molecule has 0 heterocycles. The molecule has 1 atom stereocenters. The van der Waals surface area contributed by atoms with Crippen molar-refractivity contribution in [1.82, 2.24) is 5.32 Å². The molecule has 3 nitrogen and oxygen atoms in total. The van der Waals surface area contributed by atoms with E-state index in [0.29, 0.717) is 24.8 Å². The van der Waals surface area contributed by atoms with Gasteiger partial charge in [0.2, 0.25) is 5.91 Å². The van der Waals surface area contributed by atoms with Gasteiger partial charge in [-0.15, -0.1) is 11.6 Å². The van der Waals surface area contributed by atoms with Crippen LogP contribution in [-0.4, -0.2) is 29.5 Å². The number of hydrogen-bond donors (Lipinski definition) is 2. The molecule has 14 heavy (non-hydrogen) atoms.